The predicted molar refractivity (Wildman–Crippen MR) is 72.2 cm³/mol. The molecular weight excluding hydrogens is 242 g/mol. The van der Waals surface area contributed by atoms with Crippen molar-refractivity contribution in [2.75, 3.05) is 5.43 Å². The molecule has 1 aromatic carbocycles. The van der Waals surface area contributed by atoms with Crippen molar-refractivity contribution >= 4 is 11.6 Å². The van der Waals surface area contributed by atoms with Crippen LogP contribution in [0.15, 0.2) is 36.8 Å². The number of amides is 1. The number of hydrogen-bond donors (Lipinski definition) is 3. The molecule has 2 rings (SSSR count). The van der Waals surface area contributed by atoms with Gasteiger partial charge < -0.3 is 10.7 Å². The topological polar surface area (TPSA) is 92.9 Å². The molecule has 1 aromatic heterocycles. The van der Waals surface area contributed by atoms with E-state index in [0.717, 1.165) is 16.9 Å². The monoisotopic (exact) mass is 257 g/mol. The highest BCUT2D eigenvalue weighted by Gasteiger charge is 2.07. The Morgan fingerprint density at radius 2 is 2.21 bits per heavy atom. The number of rotatable bonds is 4. The Morgan fingerprint density at radius 3 is 2.84 bits per heavy atom. The molecule has 0 radical (unpaired) electrons. The maximum atomic E-state index is 12.0. The standard InChI is InChI=1S/C13H15N5O/c1-9-6-10(2-3-12(9)18-14)13(19)16-7-11-4-5-15-8-17-11/h2-6,8,18H,7,14H2,1H3,(H,16,19). The highest BCUT2D eigenvalue weighted by atomic mass is 16.1. The van der Waals surface area contributed by atoms with Crippen molar-refractivity contribution < 1.29 is 4.79 Å². The summed E-state index contributed by atoms with van der Waals surface area (Å²) in [6.45, 7) is 2.26. The molecule has 6 heteroatoms. The van der Waals surface area contributed by atoms with Gasteiger partial charge in [-0.2, -0.15) is 0 Å². The molecule has 19 heavy (non-hydrogen) atoms. The fourth-order valence-electron chi connectivity index (χ4n) is 1.66. The van der Waals surface area contributed by atoms with E-state index in [0.29, 0.717) is 12.1 Å². The van der Waals surface area contributed by atoms with E-state index in [1.165, 1.54) is 6.33 Å². The van der Waals surface area contributed by atoms with Crippen molar-refractivity contribution in [2.24, 2.45) is 5.84 Å². The third-order valence-electron chi connectivity index (χ3n) is 2.72. The van der Waals surface area contributed by atoms with Crippen molar-refractivity contribution in [1.82, 2.24) is 15.3 Å². The minimum Gasteiger partial charge on any atom is -0.346 e. The molecule has 98 valence electrons. The van der Waals surface area contributed by atoms with Gasteiger partial charge in [0.15, 0.2) is 0 Å². The number of benzene rings is 1. The minimum atomic E-state index is -0.148. The van der Waals surface area contributed by atoms with Crippen LogP contribution in [-0.2, 0) is 6.54 Å². The number of nitrogens with one attached hydrogen (secondary N) is 2. The fraction of sp³-hybridized carbons (Fsp3) is 0.154. The van der Waals surface area contributed by atoms with Gasteiger partial charge in [0, 0.05) is 11.8 Å². The van der Waals surface area contributed by atoms with Crippen LogP contribution in [0, 0.1) is 6.92 Å². The maximum absolute atomic E-state index is 12.0. The lowest BCUT2D eigenvalue weighted by Crippen LogP contribution is -2.23. The van der Waals surface area contributed by atoms with Crippen LogP contribution in [0.25, 0.3) is 0 Å². The number of aromatic nitrogens is 2. The highest BCUT2D eigenvalue weighted by molar-refractivity contribution is 5.94. The van der Waals surface area contributed by atoms with Crippen molar-refractivity contribution in [3.05, 3.63) is 53.6 Å². The maximum Gasteiger partial charge on any atom is 0.251 e. The molecule has 2 aromatic rings. The SMILES string of the molecule is Cc1cc(C(=O)NCc2ccncn2)ccc1NN. The zero-order chi connectivity index (χ0) is 13.7. The number of nitrogens with zero attached hydrogens (tertiary/aromatic N) is 2. The van der Waals surface area contributed by atoms with Crippen LogP contribution in [0.5, 0.6) is 0 Å². The molecule has 0 saturated carbocycles. The lowest BCUT2D eigenvalue weighted by Gasteiger charge is -2.08. The van der Waals surface area contributed by atoms with Crippen LogP contribution in [0.4, 0.5) is 5.69 Å². The summed E-state index contributed by atoms with van der Waals surface area (Å²) in [6, 6.07) is 7.03. The zero-order valence-electron chi connectivity index (χ0n) is 10.6. The number of hydrazine groups is 1. The first kappa shape index (κ1) is 13.0. The molecule has 0 unspecified atom stereocenters. The average Bonchev–Trinajstić information content (AvgIpc) is 2.45. The molecule has 1 amide bonds. The first-order valence-electron chi connectivity index (χ1n) is 5.81. The third-order valence-corrected chi connectivity index (χ3v) is 2.72. The Morgan fingerprint density at radius 1 is 1.37 bits per heavy atom. The first-order valence-corrected chi connectivity index (χ1v) is 5.81. The second kappa shape index (κ2) is 5.92. The molecule has 0 saturated heterocycles. The smallest absolute Gasteiger partial charge is 0.251 e. The van der Waals surface area contributed by atoms with Gasteiger partial charge in [0.05, 0.1) is 17.9 Å². The summed E-state index contributed by atoms with van der Waals surface area (Å²) < 4.78 is 0. The third kappa shape index (κ3) is 3.26. The lowest BCUT2D eigenvalue weighted by atomic mass is 10.1. The number of nitrogens with two attached hydrogens (primary N) is 1. The Kier molecular flexibility index (Phi) is 4.04. The molecule has 0 aliphatic carbocycles. The predicted octanol–water partition coefficient (Wildman–Crippen LogP) is 1.00. The van der Waals surface area contributed by atoms with Crippen LogP contribution >= 0.6 is 0 Å². The Hall–Kier alpha value is -2.47. The number of carbonyl (C=O) groups is 1. The van der Waals surface area contributed by atoms with Gasteiger partial charge in [-0.1, -0.05) is 0 Å². The van der Waals surface area contributed by atoms with Crippen LogP contribution in [-0.4, -0.2) is 15.9 Å². The Balaban J connectivity index is 2.02. The Labute approximate surface area is 111 Å². The second-order valence-electron chi connectivity index (χ2n) is 4.06. The molecule has 4 N–H and O–H groups in total. The highest BCUT2D eigenvalue weighted by Crippen LogP contribution is 2.15. The summed E-state index contributed by atoms with van der Waals surface area (Å²) >= 11 is 0. The summed E-state index contributed by atoms with van der Waals surface area (Å²) in [5, 5.41) is 2.80. The quantitative estimate of drug-likeness (QED) is 0.561. The molecule has 0 aliphatic rings. The number of hydrogen-bond acceptors (Lipinski definition) is 5. The van der Waals surface area contributed by atoms with Gasteiger partial charge >= 0.3 is 0 Å². The summed E-state index contributed by atoms with van der Waals surface area (Å²) in [4.78, 5) is 19.8. The largest absolute Gasteiger partial charge is 0.346 e. The van der Waals surface area contributed by atoms with Gasteiger partial charge in [-0.3, -0.25) is 10.6 Å². The molecule has 0 fully saturated rings. The van der Waals surface area contributed by atoms with E-state index in [9.17, 15) is 4.79 Å². The van der Waals surface area contributed by atoms with E-state index in [4.69, 9.17) is 5.84 Å². The molecule has 0 bridgehead atoms. The van der Waals surface area contributed by atoms with Crippen LogP contribution < -0.4 is 16.6 Å². The molecule has 0 atom stereocenters. The van der Waals surface area contributed by atoms with Gasteiger partial charge in [0.25, 0.3) is 5.91 Å². The van der Waals surface area contributed by atoms with E-state index in [1.54, 1.807) is 30.5 Å². The molecule has 0 aliphatic heterocycles. The molecule has 0 spiro atoms. The van der Waals surface area contributed by atoms with Gasteiger partial charge in [0.1, 0.15) is 6.33 Å². The number of nitrogen functional groups attached to an aromatic ring is 1. The summed E-state index contributed by atoms with van der Waals surface area (Å²) in [6.07, 6.45) is 3.09. The van der Waals surface area contributed by atoms with E-state index in [-0.39, 0.29) is 5.91 Å². The minimum absolute atomic E-state index is 0.148. The Bertz CT molecular complexity index is 571. The fourth-order valence-corrected chi connectivity index (χ4v) is 1.66. The summed E-state index contributed by atoms with van der Waals surface area (Å²) in [7, 11) is 0. The zero-order valence-corrected chi connectivity index (χ0v) is 10.6. The van der Waals surface area contributed by atoms with Crippen molar-refractivity contribution in [3.63, 3.8) is 0 Å². The van der Waals surface area contributed by atoms with Crippen LogP contribution in [0.1, 0.15) is 21.6 Å². The van der Waals surface area contributed by atoms with E-state index in [2.05, 4.69) is 20.7 Å². The second-order valence-corrected chi connectivity index (χ2v) is 4.06. The van der Waals surface area contributed by atoms with E-state index in [1.807, 2.05) is 6.92 Å². The number of carbonyl (C=O) groups excluding carboxylic acids is 1. The average molecular weight is 257 g/mol. The van der Waals surface area contributed by atoms with Gasteiger partial charge in [-0.05, 0) is 36.8 Å². The summed E-state index contributed by atoms with van der Waals surface area (Å²) in [5.74, 6) is 5.20. The molecule has 1 heterocycles. The molecular formula is C13H15N5O. The van der Waals surface area contributed by atoms with E-state index < -0.39 is 0 Å². The molecule has 6 nitrogen and oxygen atoms in total. The number of aryl methyl sites for hydroxylation is 1. The van der Waals surface area contributed by atoms with Gasteiger partial charge in [-0.25, -0.2) is 9.97 Å². The van der Waals surface area contributed by atoms with Crippen LogP contribution in [0.2, 0.25) is 0 Å². The van der Waals surface area contributed by atoms with Crippen molar-refractivity contribution in [2.45, 2.75) is 13.5 Å². The van der Waals surface area contributed by atoms with Gasteiger partial charge in [-0.15, -0.1) is 0 Å². The summed E-state index contributed by atoms with van der Waals surface area (Å²) in [5.41, 5.74) is 5.64. The van der Waals surface area contributed by atoms with Crippen molar-refractivity contribution in [1.29, 1.82) is 0 Å². The van der Waals surface area contributed by atoms with Crippen LogP contribution in [0.3, 0.4) is 0 Å². The van der Waals surface area contributed by atoms with E-state index >= 15 is 0 Å². The van der Waals surface area contributed by atoms with Crippen molar-refractivity contribution in [3.8, 4) is 0 Å². The lowest BCUT2D eigenvalue weighted by molar-refractivity contribution is 0.0950. The number of anilines is 1. The first-order chi connectivity index (χ1) is 9.20. The normalized spacial score (nSPS) is 10.0. The van der Waals surface area contributed by atoms with Gasteiger partial charge in [0.2, 0.25) is 0 Å².